The fourth-order valence-corrected chi connectivity index (χ4v) is 4.39. The molecular weight excluding hydrogens is 390 g/mol. The summed E-state index contributed by atoms with van der Waals surface area (Å²) in [5.74, 6) is 0.407. The molecular formula is C21H19N3O4S. The van der Waals surface area contributed by atoms with Crippen molar-refractivity contribution in [2.75, 3.05) is 4.72 Å². The summed E-state index contributed by atoms with van der Waals surface area (Å²) < 4.78 is 33.6. The summed E-state index contributed by atoms with van der Waals surface area (Å²) in [5, 5.41) is 5.84. The average molecular weight is 409 g/mol. The molecule has 0 bridgehead atoms. The number of para-hydroxylation sites is 1. The highest BCUT2D eigenvalue weighted by molar-refractivity contribution is 7.92. The van der Waals surface area contributed by atoms with Gasteiger partial charge in [0.2, 0.25) is 5.91 Å². The van der Waals surface area contributed by atoms with Crippen LogP contribution in [0, 0.1) is 0 Å². The van der Waals surface area contributed by atoms with Crippen LogP contribution in [0.15, 0.2) is 87.4 Å². The highest BCUT2D eigenvalue weighted by Gasteiger charge is 2.34. The predicted molar refractivity (Wildman–Crippen MR) is 109 cm³/mol. The molecule has 1 N–H and O–H groups in total. The van der Waals surface area contributed by atoms with Gasteiger partial charge in [0, 0.05) is 18.9 Å². The monoisotopic (exact) mass is 409 g/mol. The molecule has 3 aromatic rings. The summed E-state index contributed by atoms with van der Waals surface area (Å²) in [6, 6.07) is 18.3. The predicted octanol–water partition coefficient (Wildman–Crippen LogP) is 3.78. The van der Waals surface area contributed by atoms with Crippen LogP contribution in [0.25, 0.3) is 0 Å². The van der Waals surface area contributed by atoms with E-state index in [1.807, 2.05) is 0 Å². The lowest BCUT2D eigenvalue weighted by molar-refractivity contribution is -0.130. The number of hydrogen-bond acceptors (Lipinski definition) is 5. The number of amides is 1. The van der Waals surface area contributed by atoms with Gasteiger partial charge < -0.3 is 4.42 Å². The molecule has 1 atom stereocenters. The minimum atomic E-state index is -3.76. The number of carbonyl (C=O) groups is 1. The van der Waals surface area contributed by atoms with Crippen molar-refractivity contribution in [2.24, 2.45) is 5.10 Å². The van der Waals surface area contributed by atoms with E-state index in [0.29, 0.717) is 29.1 Å². The summed E-state index contributed by atoms with van der Waals surface area (Å²) in [5.41, 5.74) is 1.62. The second kappa shape index (κ2) is 7.56. The van der Waals surface area contributed by atoms with Crippen molar-refractivity contribution in [3.8, 4) is 0 Å². The zero-order chi connectivity index (χ0) is 20.4. The Morgan fingerprint density at radius 1 is 1.07 bits per heavy atom. The van der Waals surface area contributed by atoms with Gasteiger partial charge in [0.1, 0.15) is 11.8 Å². The van der Waals surface area contributed by atoms with Gasteiger partial charge in [0.05, 0.1) is 22.6 Å². The second-order valence-electron chi connectivity index (χ2n) is 6.61. The average Bonchev–Trinajstić information content (AvgIpc) is 3.38. The third-order valence-corrected chi connectivity index (χ3v) is 6.02. The van der Waals surface area contributed by atoms with Gasteiger partial charge in [-0.15, -0.1) is 0 Å². The highest BCUT2D eigenvalue weighted by Crippen LogP contribution is 2.35. The van der Waals surface area contributed by atoms with Crippen molar-refractivity contribution in [3.05, 3.63) is 84.3 Å². The Kier molecular flexibility index (Phi) is 4.94. The van der Waals surface area contributed by atoms with Gasteiger partial charge in [0.25, 0.3) is 10.0 Å². The van der Waals surface area contributed by atoms with E-state index < -0.39 is 10.0 Å². The van der Waals surface area contributed by atoms with Crippen LogP contribution in [-0.4, -0.2) is 25.0 Å². The van der Waals surface area contributed by atoms with Crippen LogP contribution in [0.3, 0.4) is 0 Å². The first-order valence-electron chi connectivity index (χ1n) is 9.03. The quantitative estimate of drug-likeness (QED) is 0.694. The molecule has 2 aromatic carbocycles. The van der Waals surface area contributed by atoms with E-state index in [9.17, 15) is 13.2 Å². The molecule has 2 heterocycles. The van der Waals surface area contributed by atoms with E-state index in [1.165, 1.54) is 24.1 Å². The van der Waals surface area contributed by atoms with Crippen LogP contribution in [0.2, 0.25) is 0 Å². The van der Waals surface area contributed by atoms with Gasteiger partial charge in [-0.05, 0) is 30.3 Å². The third kappa shape index (κ3) is 3.79. The Morgan fingerprint density at radius 2 is 1.79 bits per heavy atom. The standard InChI is InChI=1S/C21H19N3O4S/c1-15(25)24-20(21-12-7-13-28-21)14-19(22-24)17-10-5-6-11-18(17)23-29(26,27)16-8-3-2-4-9-16/h2-13,20,23H,14H2,1H3/t20-/m1/s1. The summed E-state index contributed by atoms with van der Waals surface area (Å²) >= 11 is 0. The molecule has 0 spiro atoms. The summed E-state index contributed by atoms with van der Waals surface area (Å²) in [6.45, 7) is 1.44. The molecule has 1 aliphatic heterocycles. The van der Waals surface area contributed by atoms with Gasteiger partial charge in [-0.1, -0.05) is 36.4 Å². The molecule has 8 heteroatoms. The zero-order valence-electron chi connectivity index (χ0n) is 15.6. The molecule has 0 unspecified atom stereocenters. The maximum absolute atomic E-state index is 12.8. The number of nitrogens with one attached hydrogen (secondary N) is 1. The Labute approximate surface area is 168 Å². The lowest BCUT2D eigenvalue weighted by Gasteiger charge is -2.17. The van der Waals surface area contributed by atoms with Crippen molar-refractivity contribution in [1.29, 1.82) is 0 Å². The van der Waals surface area contributed by atoms with Crippen molar-refractivity contribution >= 4 is 27.3 Å². The molecule has 1 aromatic heterocycles. The smallest absolute Gasteiger partial charge is 0.261 e. The van der Waals surface area contributed by atoms with Crippen LogP contribution in [-0.2, 0) is 14.8 Å². The van der Waals surface area contributed by atoms with Gasteiger partial charge in [-0.3, -0.25) is 9.52 Å². The van der Waals surface area contributed by atoms with Crippen LogP contribution in [0.5, 0.6) is 0 Å². The number of hydrazone groups is 1. The summed E-state index contributed by atoms with van der Waals surface area (Å²) in [6.07, 6.45) is 1.96. The first-order chi connectivity index (χ1) is 14.0. The molecule has 4 rings (SSSR count). The van der Waals surface area contributed by atoms with Crippen molar-refractivity contribution in [3.63, 3.8) is 0 Å². The number of furan rings is 1. The molecule has 0 saturated carbocycles. The number of sulfonamides is 1. The molecule has 0 radical (unpaired) electrons. The molecule has 1 amide bonds. The van der Waals surface area contributed by atoms with Crippen LogP contribution < -0.4 is 4.72 Å². The first-order valence-corrected chi connectivity index (χ1v) is 10.5. The minimum Gasteiger partial charge on any atom is -0.467 e. The molecule has 29 heavy (non-hydrogen) atoms. The third-order valence-electron chi connectivity index (χ3n) is 4.64. The maximum Gasteiger partial charge on any atom is 0.261 e. The fourth-order valence-electron chi connectivity index (χ4n) is 3.29. The Bertz CT molecular complexity index is 1160. The number of benzene rings is 2. The second-order valence-corrected chi connectivity index (χ2v) is 8.29. The maximum atomic E-state index is 12.8. The van der Waals surface area contributed by atoms with Gasteiger partial charge in [-0.2, -0.15) is 5.10 Å². The van der Waals surface area contributed by atoms with Gasteiger partial charge in [-0.25, -0.2) is 13.4 Å². The topological polar surface area (TPSA) is 92.0 Å². The van der Waals surface area contributed by atoms with Crippen molar-refractivity contribution in [2.45, 2.75) is 24.3 Å². The molecule has 7 nitrogen and oxygen atoms in total. The van der Waals surface area contributed by atoms with E-state index in [2.05, 4.69) is 9.82 Å². The van der Waals surface area contributed by atoms with Gasteiger partial charge in [0.15, 0.2) is 0 Å². The van der Waals surface area contributed by atoms with E-state index in [4.69, 9.17) is 4.42 Å². The zero-order valence-corrected chi connectivity index (χ0v) is 16.5. The van der Waals surface area contributed by atoms with E-state index in [1.54, 1.807) is 60.9 Å². The normalized spacial score (nSPS) is 16.5. The van der Waals surface area contributed by atoms with Crippen LogP contribution in [0.4, 0.5) is 5.69 Å². The lowest BCUT2D eigenvalue weighted by atomic mass is 10.0. The lowest BCUT2D eigenvalue weighted by Crippen LogP contribution is -2.23. The summed E-state index contributed by atoms with van der Waals surface area (Å²) in [7, 11) is -3.76. The van der Waals surface area contributed by atoms with E-state index in [-0.39, 0.29) is 16.8 Å². The molecule has 148 valence electrons. The SMILES string of the molecule is CC(=O)N1N=C(c2ccccc2NS(=O)(=O)c2ccccc2)C[C@@H]1c1ccco1. The fraction of sp³-hybridized carbons (Fsp3) is 0.143. The molecule has 0 saturated heterocycles. The molecule has 0 fully saturated rings. The largest absolute Gasteiger partial charge is 0.467 e. The molecule has 1 aliphatic rings. The Hall–Kier alpha value is -3.39. The van der Waals surface area contributed by atoms with Crippen molar-refractivity contribution < 1.29 is 17.6 Å². The minimum absolute atomic E-state index is 0.169. The molecule has 0 aliphatic carbocycles. The Morgan fingerprint density at radius 3 is 2.48 bits per heavy atom. The summed E-state index contributed by atoms with van der Waals surface area (Å²) in [4.78, 5) is 12.3. The number of rotatable bonds is 5. The number of nitrogens with zero attached hydrogens (tertiary/aromatic N) is 2. The van der Waals surface area contributed by atoms with Crippen LogP contribution in [0.1, 0.15) is 30.7 Å². The van der Waals surface area contributed by atoms with Crippen molar-refractivity contribution in [1.82, 2.24) is 5.01 Å². The highest BCUT2D eigenvalue weighted by atomic mass is 32.2. The van der Waals surface area contributed by atoms with Crippen LogP contribution >= 0.6 is 0 Å². The Balaban J connectivity index is 1.68. The number of anilines is 1. The first kappa shape index (κ1) is 18.9. The van der Waals surface area contributed by atoms with Gasteiger partial charge >= 0.3 is 0 Å². The number of hydrogen-bond donors (Lipinski definition) is 1. The van der Waals surface area contributed by atoms with E-state index >= 15 is 0 Å². The van der Waals surface area contributed by atoms with E-state index in [0.717, 1.165) is 0 Å². The number of carbonyl (C=O) groups excluding carboxylic acids is 1.